The first-order valence-corrected chi connectivity index (χ1v) is 13.1. The van der Waals surface area contributed by atoms with Crippen LogP contribution in [-0.4, -0.2) is 47.6 Å². The van der Waals surface area contributed by atoms with Crippen LogP contribution in [0.1, 0.15) is 46.4 Å². The third-order valence-electron chi connectivity index (χ3n) is 5.89. The van der Waals surface area contributed by atoms with Crippen molar-refractivity contribution in [1.29, 1.82) is 0 Å². The zero-order chi connectivity index (χ0) is 26.9. The number of benzene rings is 2. The second-order valence-electron chi connectivity index (χ2n) is 8.53. The molecule has 0 N–H and O–H groups in total. The summed E-state index contributed by atoms with van der Waals surface area (Å²) in [6, 6.07) is 14.9. The summed E-state index contributed by atoms with van der Waals surface area (Å²) in [6.45, 7) is 2.83. The average molecular weight is 539 g/mol. The Balaban J connectivity index is 1.39. The standard InChI is InChI=1S/C28H27FN2O6S/c1-2-35-27(33)23-18-38-25(30-23)16-24(20-8-10-22(29)11-9-20)37-26(32)21-12-14-31(15-13-21)28(34)36-17-19-6-4-3-5-7-19/h3-11,16,18,21H,2,12-15,17H2,1H3. The van der Waals surface area contributed by atoms with E-state index >= 15 is 0 Å². The summed E-state index contributed by atoms with van der Waals surface area (Å²) in [7, 11) is 0. The third kappa shape index (κ3) is 7.25. The van der Waals surface area contributed by atoms with Crippen molar-refractivity contribution in [3.8, 4) is 0 Å². The fraction of sp³-hybridized carbons (Fsp3) is 0.286. The Hall–Kier alpha value is -4.05. The van der Waals surface area contributed by atoms with E-state index in [0.717, 1.165) is 5.56 Å². The van der Waals surface area contributed by atoms with Gasteiger partial charge in [-0.15, -0.1) is 11.3 Å². The minimum Gasteiger partial charge on any atom is -0.461 e. The molecule has 8 nitrogen and oxygen atoms in total. The second kappa shape index (κ2) is 13.0. The maximum absolute atomic E-state index is 13.5. The van der Waals surface area contributed by atoms with Crippen molar-refractivity contribution in [3.05, 3.63) is 87.6 Å². The lowest BCUT2D eigenvalue weighted by Gasteiger charge is -2.30. The van der Waals surface area contributed by atoms with Crippen LogP contribution in [0.5, 0.6) is 0 Å². The SMILES string of the molecule is CCOC(=O)c1csc(C=C(OC(=O)C2CCN(C(=O)OCc3ccccc3)CC2)c2ccc(F)cc2)n1. The molecule has 0 spiro atoms. The van der Waals surface area contributed by atoms with Crippen molar-refractivity contribution in [1.82, 2.24) is 9.88 Å². The first-order valence-electron chi connectivity index (χ1n) is 12.2. The Labute approximate surface area is 223 Å². The smallest absolute Gasteiger partial charge is 0.410 e. The molecule has 2 aromatic carbocycles. The Bertz CT molecular complexity index is 1280. The highest BCUT2D eigenvalue weighted by Crippen LogP contribution is 2.27. The maximum atomic E-state index is 13.5. The summed E-state index contributed by atoms with van der Waals surface area (Å²) in [5.74, 6) is -1.67. The van der Waals surface area contributed by atoms with E-state index in [1.54, 1.807) is 17.2 Å². The van der Waals surface area contributed by atoms with Crippen LogP contribution in [0.15, 0.2) is 60.0 Å². The van der Waals surface area contributed by atoms with E-state index in [4.69, 9.17) is 14.2 Å². The topological polar surface area (TPSA) is 95.0 Å². The van der Waals surface area contributed by atoms with E-state index in [1.807, 2.05) is 30.3 Å². The van der Waals surface area contributed by atoms with E-state index in [9.17, 15) is 18.8 Å². The van der Waals surface area contributed by atoms with Crippen molar-refractivity contribution in [2.45, 2.75) is 26.4 Å². The van der Waals surface area contributed by atoms with Crippen LogP contribution in [0.3, 0.4) is 0 Å². The molecule has 10 heteroatoms. The van der Waals surface area contributed by atoms with E-state index in [-0.39, 0.29) is 24.7 Å². The van der Waals surface area contributed by atoms with Crippen LogP contribution in [0.4, 0.5) is 9.18 Å². The summed E-state index contributed by atoms with van der Waals surface area (Å²) in [5.41, 5.74) is 1.53. The number of nitrogens with zero attached hydrogens (tertiary/aromatic N) is 2. The Morgan fingerprint density at radius 2 is 1.76 bits per heavy atom. The molecule has 0 atom stereocenters. The molecule has 2 heterocycles. The molecule has 3 aromatic rings. The van der Waals surface area contributed by atoms with Gasteiger partial charge in [-0.25, -0.2) is 19.0 Å². The number of esters is 2. The van der Waals surface area contributed by atoms with Crippen molar-refractivity contribution >= 4 is 41.2 Å². The molecule has 1 saturated heterocycles. The summed E-state index contributed by atoms with van der Waals surface area (Å²) in [5, 5.41) is 1.98. The first kappa shape index (κ1) is 27.0. The van der Waals surface area contributed by atoms with E-state index in [1.165, 1.54) is 41.7 Å². The van der Waals surface area contributed by atoms with Crippen LogP contribution in [-0.2, 0) is 25.6 Å². The molecule has 1 amide bonds. The molecule has 1 aliphatic heterocycles. The number of aromatic nitrogens is 1. The van der Waals surface area contributed by atoms with Gasteiger partial charge in [0.25, 0.3) is 0 Å². The predicted octanol–water partition coefficient (Wildman–Crippen LogP) is 5.55. The van der Waals surface area contributed by atoms with Crippen molar-refractivity contribution in [3.63, 3.8) is 0 Å². The van der Waals surface area contributed by atoms with Gasteiger partial charge in [-0.05, 0) is 49.6 Å². The van der Waals surface area contributed by atoms with E-state index in [2.05, 4.69) is 4.98 Å². The number of thiazole rings is 1. The predicted molar refractivity (Wildman–Crippen MR) is 139 cm³/mol. The minimum atomic E-state index is -0.544. The number of carbonyl (C=O) groups is 3. The monoisotopic (exact) mass is 538 g/mol. The number of ether oxygens (including phenoxy) is 3. The molecular formula is C28H27FN2O6S. The molecule has 38 heavy (non-hydrogen) atoms. The summed E-state index contributed by atoms with van der Waals surface area (Å²) in [4.78, 5) is 43.3. The number of amides is 1. The van der Waals surface area contributed by atoms with Crippen LogP contribution in [0, 0.1) is 11.7 Å². The number of rotatable bonds is 8. The molecule has 0 aliphatic carbocycles. The second-order valence-corrected chi connectivity index (χ2v) is 9.42. The number of carbonyl (C=O) groups excluding carboxylic acids is 3. The van der Waals surface area contributed by atoms with Gasteiger partial charge >= 0.3 is 18.0 Å². The molecule has 1 aliphatic rings. The lowest BCUT2D eigenvalue weighted by molar-refractivity contribution is -0.142. The van der Waals surface area contributed by atoms with E-state index in [0.29, 0.717) is 36.5 Å². The first-order chi connectivity index (χ1) is 18.4. The van der Waals surface area contributed by atoms with Crippen LogP contribution >= 0.6 is 11.3 Å². The molecule has 0 unspecified atom stereocenters. The fourth-order valence-corrected chi connectivity index (χ4v) is 4.56. The molecule has 0 saturated carbocycles. The van der Waals surface area contributed by atoms with Gasteiger partial charge in [0.05, 0.1) is 12.5 Å². The van der Waals surface area contributed by atoms with Crippen LogP contribution in [0.25, 0.3) is 11.8 Å². The Morgan fingerprint density at radius 1 is 1.05 bits per heavy atom. The quantitative estimate of drug-likeness (QED) is 0.211. The summed E-state index contributed by atoms with van der Waals surface area (Å²) < 4.78 is 29.6. The highest BCUT2D eigenvalue weighted by Gasteiger charge is 2.30. The number of hydrogen-bond donors (Lipinski definition) is 0. The fourth-order valence-electron chi connectivity index (χ4n) is 3.85. The van der Waals surface area contributed by atoms with Crippen LogP contribution < -0.4 is 0 Å². The lowest BCUT2D eigenvalue weighted by Crippen LogP contribution is -2.40. The Kier molecular flexibility index (Phi) is 9.21. The van der Waals surface area contributed by atoms with Gasteiger partial charge < -0.3 is 19.1 Å². The molecule has 0 bridgehead atoms. The Morgan fingerprint density at radius 3 is 2.45 bits per heavy atom. The van der Waals surface area contributed by atoms with Gasteiger partial charge in [0.1, 0.15) is 23.2 Å². The van der Waals surface area contributed by atoms with Gasteiger partial charge in [0.15, 0.2) is 5.69 Å². The lowest BCUT2D eigenvalue weighted by atomic mass is 9.97. The third-order valence-corrected chi connectivity index (χ3v) is 6.68. The zero-order valence-corrected chi connectivity index (χ0v) is 21.6. The zero-order valence-electron chi connectivity index (χ0n) is 20.8. The number of hydrogen-bond acceptors (Lipinski definition) is 8. The number of likely N-dealkylation sites (tertiary alicyclic amines) is 1. The molecule has 1 aromatic heterocycles. The summed E-state index contributed by atoms with van der Waals surface area (Å²) >= 11 is 1.19. The maximum Gasteiger partial charge on any atom is 0.410 e. The van der Waals surface area contributed by atoms with Crippen LogP contribution in [0.2, 0.25) is 0 Å². The van der Waals surface area contributed by atoms with Crippen molar-refractivity contribution < 1.29 is 33.0 Å². The van der Waals surface area contributed by atoms with Gasteiger partial charge in [-0.3, -0.25) is 4.79 Å². The largest absolute Gasteiger partial charge is 0.461 e. The number of halogens is 1. The van der Waals surface area contributed by atoms with Gasteiger partial charge in [0, 0.05) is 30.1 Å². The van der Waals surface area contributed by atoms with Crippen molar-refractivity contribution in [2.24, 2.45) is 5.92 Å². The highest BCUT2D eigenvalue weighted by atomic mass is 32.1. The normalized spacial score (nSPS) is 14.2. The summed E-state index contributed by atoms with van der Waals surface area (Å²) in [6.07, 6.45) is 1.95. The molecule has 0 radical (unpaired) electrons. The van der Waals surface area contributed by atoms with Gasteiger partial charge in [-0.1, -0.05) is 30.3 Å². The number of piperidine rings is 1. The average Bonchev–Trinajstić information content (AvgIpc) is 3.41. The van der Waals surface area contributed by atoms with E-state index < -0.39 is 29.8 Å². The van der Waals surface area contributed by atoms with Crippen molar-refractivity contribution in [2.75, 3.05) is 19.7 Å². The van der Waals surface area contributed by atoms with Gasteiger partial charge in [-0.2, -0.15) is 0 Å². The molecule has 1 fully saturated rings. The van der Waals surface area contributed by atoms with Gasteiger partial charge in [0.2, 0.25) is 0 Å². The molecule has 4 rings (SSSR count). The molecule has 198 valence electrons. The molecular weight excluding hydrogens is 511 g/mol. The highest BCUT2D eigenvalue weighted by molar-refractivity contribution is 7.10. The minimum absolute atomic E-state index is 0.152.